The van der Waals surface area contributed by atoms with Gasteiger partial charge in [0.2, 0.25) is 15.5 Å². The molecule has 186 valence electrons. The molecule has 36 heavy (non-hydrogen) atoms. The van der Waals surface area contributed by atoms with E-state index in [1.807, 2.05) is 0 Å². The molecule has 0 radical (unpaired) electrons. The number of carbonyl (C=O) groups excluding carboxylic acids is 1. The van der Waals surface area contributed by atoms with E-state index < -0.39 is 32.1 Å². The number of nitrogens with one attached hydrogen (secondary N) is 3. The molecule has 0 saturated heterocycles. The van der Waals surface area contributed by atoms with Crippen LogP contribution in [0.25, 0.3) is 10.9 Å². The van der Waals surface area contributed by atoms with Crippen LogP contribution in [0.1, 0.15) is 21.5 Å². The number of fused-ring (bicyclic) bond motifs is 1. The number of H-pyrrole nitrogens is 1. The minimum atomic E-state index is -4.18. The first-order valence-corrected chi connectivity index (χ1v) is 13.0. The highest BCUT2D eigenvalue weighted by atomic mass is 35.5. The average molecular weight is 548 g/mol. The Balaban J connectivity index is 1.56. The lowest BCUT2D eigenvalue weighted by molar-refractivity contribution is 0.0949. The summed E-state index contributed by atoms with van der Waals surface area (Å²) < 4.78 is 42.7. The molecule has 11 heteroatoms. The number of aromatic amines is 1. The van der Waals surface area contributed by atoms with Gasteiger partial charge in [0.05, 0.1) is 10.9 Å². The van der Waals surface area contributed by atoms with Gasteiger partial charge in [-0.1, -0.05) is 47.5 Å². The highest BCUT2D eigenvalue weighted by Crippen LogP contribution is 2.21. The minimum absolute atomic E-state index is 0.0391. The van der Waals surface area contributed by atoms with Crippen molar-refractivity contribution in [3.8, 4) is 0 Å². The van der Waals surface area contributed by atoms with Gasteiger partial charge in [-0.15, -0.1) is 0 Å². The predicted octanol–water partition coefficient (Wildman–Crippen LogP) is 4.43. The van der Waals surface area contributed by atoms with E-state index in [1.165, 1.54) is 0 Å². The van der Waals surface area contributed by atoms with Gasteiger partial charge in [0.15, 0.2) is 0 Å². The van der Waals surface area contributed by atoms with Crippen molar-refractivity contribution in [1.29, 1.82) is 0 Å². The molecule has 1 heterocycles. The number of hydrogen-bond donors (Lipinski definition) is 3. The summed E-state index contributed by atoms with van der Waals surface area (Å²) in [5, 5.41) is 3.46. The van der Waals surface area contributed by atoms with Crippen molar-refractivity contribution in [1.82, 2.24) is 15.0 Å². The van der Waals surface area contributed by atoms with Gasteiger partial charge in [-0.05, 0) is 53.9 Å². The number of rotatable bonds is 8. The van der Waals surface area contributed by atoms with Crippen LogP contribution in [0.2, 0.25) is 10.0 Å². The second kappa shape index (κ2) is 10.8. The van der Waals surface area contributed by atoms with E-state index in [0.717, 1.165) is 29.5 Å². The quantitative estimate of drug-likeness (QED) is 0.303. The Kier molecular flexibility index (Phi) is 7.75. The Morgan fingerprint density at radius 1 is 0.944 bits per heavy atom. The van der Waals surface area contributed by atoms with E-state index >= 15 is 0 Å². The second-order valence-corrected chi connectivity index (χ2v) is 10.5. The van der Waals surface area contributed by atoms with Crippen molar-refractivity contribution >= 4 is 50.0 Å². The maximum absolute atomic E-state index is 14.4. The van der Waals surface area contributed by atoms with Gasteiger partial charge in [0.1, 0.15) is 16.3 Å². The van der Waals surface area contributed by atoms with Crippen LogP contribution in [0.4, 0.5) is 4.39 Å². The number of aromatic nitrogens is 1. The summed E-state index contributed by atoms with van der Waals surface area (Å²) in [5.74, 6) is -1.62. The number of amides is 1. The van der Waals surface area contributed by atoms with Crippen LogP contribution in [0, 0.1) is 5.82 Å². The fourth-order valence-corrected chi connectivity index (χ4v) is 5.07. The fraction of sp³-hybridized carbons (Fsp3) is 0.120. The normalized spacial score (nSPS) is 11.5. The molecule has 1 amide bonds. The number of sulfonamides is 1. The maximum Gasteiger partial charge on any atom is 0.257 e. The van der Waals surface area contributed by atoms with Gasteiger partial charge < -0.3 is 10.3 Å². The van der Waals surface area contributed by atoms with Gasteiger partial charge in [-0.2, -0.15) is 0 Å². The standard InChI is InChI=1S/C25H20Cl2FN3O4S/c26-17-5-1-15(2-6-17)9-10-31-36(34,35)22-12-19(28)11-20-23(22)29-14-21(24(20)32)25(33)30-13-16-3-7-18(27)8-4-16/h1-8,11-12,14,31H,9-10,13H2,(H,29,32)(H,30,33). The third-order valence-corrected chi connectivity index (χ3v) is 7.43. The summed E-state index contributed by atoms with van der Waals surface area (Å²) in [5.41, 5.74) is 0.438. The Morgan fingerprint density at radius 2 is 1.56 bits per heavy atom. The Hall–Kier alpha value is -3.24. The maximum atomic E-state index is 14.4. The number of hydrogen-bond acceptors (Lipinski definition) is 4. The van der Waals surface area contributed by atoms with Crippen LogP contribution in [0.15, 0.2) is 76.6 Å². The zero-order chi connectivity index (χ0) is 25.9. The molecule has 7 nitrogen and oxygen atoms in total. The van der Waals surface area contributed by atoms with E-state index in [0.29, 0.717) is 16.5 Å². The van der Waals surface area contributed by atoms with Crippen molar-refractivity contribution in [3.63, 3.8) is 0 Å². The number of pyridine rings is 1. The molecular formula is C25H20Cl2FN3O4S. The lowest BCUT2D eigenvalue weighted by atomic mass is 10.1. The lowest BCUT2D eigenvalue weighted by Crippen LogP contribution is -2.29. The zero-order valence-electron chi connectivity index (χ0n) is 18.6. The van der Waals surface area contributed by atoms with E-state index in [9.17, 15) is 22.4 Å². The zero-order valence-corrected chi connectivity index (χ0v) is 21.0. The van der Waals surface area contributed by atoms with Gasteiger partial charge in [0.25, 0.3) is 5.91 Å². The van der Waals surface area contributed by atoms with Gasteiger partial charge in [-0.25, -0.2) is 17.5 Å². The first kappa shape index (κ1) is 25.8. The van der Waals surface area contributed by atoms with Crippen LogP contribution in [-0.2, 0) is 23.0 Å². The topological polar surface area (TPSA) is 108 Å². The van der Waals surface area contributed by atoms with Crippen LogP contribution in [-0.4, -0.2) is 25.9 Å². The van der Waals surface area contributed by atoms with E-state index in [-0.39, 0.29) is 29.6 Å². The van der Waals surface area contributed by atoms with Crippen molar-refractivity contribution < 1.29 is 17.6 Å². The van der Waals surface area contributed by atoms with Gasteiger partial charge in [-0.3, -0.25) is 9.59 Å². The number of halogens is 3. The van der Waals surface area contributed by atoms with Crippen molar-refractivity contribution in [2.24, 2.45) is 0 Å². The second-order valence-electron chi connectivity index (χ2n) is 7.94. The Bertz CT molecular complexity index is 1590. The molecule has 0 aliphatic rings. The fourth-order valence-electron chi connectivity index (χ4n) is 3.58. The molecule has 3 N–H and O–H groups in total. The minimum Gasteiger partial charge on any atom is -0.359 e. The summed E-state index contributed by atoms with van der Waals surface area (Å²) in [7, 11) is -4.18. The molecule has 0 bridgehead atoms. The van der Waals surface area contributed by atoms with Crippen molar-refractivity contribution in [3.05, 3.63) is 110 Å². The molecule has 0 aliphatic carbocycles. The highest BCUT2D eigenvalue weighted by molar-refractivity contribution is 7.89. The molecule has 1 aromatic heterocycles. The average Bonchev–Trinajstić information content (AvgIpc) is 2.85. The Labute approximate surface area is 216 Å². The summed E-state index contributed by atoms with van der Waals surface area (Å²) in [4.78, 5) is 27.9. The molecular weight excluding hydrogens is 528 g/mol. The summed E-state index contributed by atoms with van der Waals surface area (Å²) in [6, 6.07) is 15.4. The SMILES string of the molecule is O=C(NCc1ccc(Cl)cc1)c1c[nH]c2c(S(=O)(=O)NCCc3ccc(Cl)cc3)cc(F)cc2c1=O. The molecule has 3 aromatic carbocycles. The molecule has 4 rings (SSSR count). The number of carbonyl (C=O) groups is 1. The van der Waals surface area contributed by atoms with Gasteiger partial charge in [0, 0.05) is 29.3 Å². The molecule has 4 aromatic rings. The highest BCUT2D eigenvalue weighted by Gasteiger charge is 2.22. The third kappa shape index (κ3) is 5.93. The summed E-state index contributed by atoms with van der Waals surface area (Å²) in [6.07, 6.45) is 1.49. The van der Waals surface area contributed by atoms with E-state index in [2.05, 4.69) is 15.0 Å². The third-order valence-electron chi connectivity index (χ3n) is 5.44. The molecule has 0 fully saturated rings. The molecule has 0 atom stereocenters. The van der Waals surface area contributed by atoms with Gasteiger partial charge >= 0.3 is 0 Å². The van der Waals surface area contributed by atoms with Crippen LogP contribution in [0.3, 0.4) is 0 Å². The Morgan fingerprint density at radius 3 is 2.19 bits per heavy atom. The summed E-state index contributed by atoms with van der Waals surface area (Å²) >= 11 is 11.7. The molecule has 0 unspecified atom stereocenters. The van der Waals surface area contributed by atoms with Crippen LogP contribution >= 0.6 is 23.2 Å². The first-order chi connectivity index (χ1) is 17.1. The van der Waals surface area contributed by atoms with Crippen molar-refractivity contribution in [2.75, 3.05) is 6.54 Å². The largest absolute Gasteiger partial charge is 0.359 e. The lowest BCUT2D eigenvalue weighted by Gasteiger charge is -2.11. The van der Waals surface area contributed by atoms with E-state index in [4.69, 9.17) is 23.2 Å². The van der Waals surface area contributed by atoms with Crippen LogP contribution in [0.5, 0.6) is 0 Å². The number of benzene rings is 3. The van der Waals surface area contributed by atoms with Crippen LogP contribution < -0.4 is 15.5 Å². The van der Waals surface area contributed by atoms with E-state index in [1.54, 1.807) is 48.5 Å². The smallest absolute Gasteiger partial charge is 0.257 e. The molecule has 0 spiro atoms. The predicted molar refractivity (Wildman–Crippen MR) is 137 cm³/mol. The molecule has 0 aliphatic heterocycles. The first-order valence-electron chi connectivity index (χ1n) is 10.8. The molecule has 0 saturated carbocycles. The summed E-state index contributed by atoms with van der Waals surface area (Å²) in [6.45, 7) is 0.172. The van der Waals surface area contributed by atoms with Crippen molar-refractivity contribution in [2.45, 2.75) is 17.9 Å². The monoisotopic (exact) mass is 547 g/mol.